The van der Waals surface area contributed by atoms with Crippen LogP contribution in [0.4, 0.5) is 14.6 Å². The summed E-state index contributed by atoms with van der Waals surface area (Å²) in [6.07, 6.45) is 2.09. The largest absolute Gasteiger partial charge is 0.457 e. The van der Waals surface area contributed by atoms with E-state index in [4.69, 9.17) is 10.5 Å². The SMILES string of the molecule is Nc1nccc2c1n(-c1ccc(Oc3ccccc3)cc1)c(=O)n2[C@@H]1CN(C(=O)/C=C/CF)C[C@@H]1F. The van der Waals surface area contributed by atoms with E-state index in [9.17, 15) is 14.0 Å². The molecule has 8 nitrogen and oxygen atoms in total. The maximum Gasteiger partial charge on any atom is 0.334 e. The molecular weight excluding hydrogens is 468 g/mol. The van der Waals surface area contributed by atoms with Crippen LogP contribution >= 0.6 is 0 Å². The third-order valence-electron chi connectivity index (χ3n) is 6.10. The Hall–Kier alpha value is -4.47. The normalized spacial score (nSPS) is 17.8. The molecule has 1 saturated heterocycles. The maximum atomic E-state index is 15.2. The molecule has 1 aliphatic rings. The highest BCUT2D eigenvalue weighted by Crippen LogP contribution is 2.31. The number of anilines is 1. The Balaban J connectivity index is 1.54. The van der Waals surface area contributed by atoms with Crippen LogP contribution < -0.4 is 16.2 Å². The summed E-state index contributed by atoms with van der Waals surface area (Å²) in [5.41, 5.74) is 6.89. The van der Waals surface area contributed by atoms with Gasteiger partial charge in [-0.3, -0.25) is 13.9 Å². The van der Waals surface area contributed by atoms with Gasteiger partial charge in [0.2, 0.25) is 5.91 Å². The summed E-state index contributed by atoms with van der Waals surface area (Å²) >= 11 is 0. The van der Waals surface area contributed by atoms with Crippen molar-refractivity contribution in [3.63, 3.8) is 0 Å². The Labute approximate surface area is 204 Å². The number of aromatic nitrogens is 3. The van der Waals surface area contributed by atoms with Crippen LogP contribution in [0.15, 0.2) is 83.8 Å². The number of pyridine rings is 1. The van der Waals surface area contributed by atoms with Crippen molar-refractivity contribution in [2.24, 2.45) is 0 Å². The van der Waals surface area contributed by atoms with Crippen LogP contribution in [0, 0.1) is 0 Å². The molecule has 0 spiro atoms. The van der Waals surface area contributed by atoms with Gasteiger partial charge in [-0.05, 0) is 48.5 Å². The number of rotatable bonds is 6. The predicted octanol–water partition coefficient (Wildman–Crippen LogP) is 3.81. The molecule has 3 heterocycles. The Bertz CT molecular complexity index is 1480. The zero-order valence-electron chi connectivity index (χ0n) is 19.1. The number of likely N-dealkylation sites (tertiary alicyclic amines) is 1. The lowest BCUT2D eigenvalue weighted by atomic mass is 10.2. The fourth-order valence-corrected chi connectivity index (χ4v) is 4.46. The zero-order chi connectivity index (χ0) is 25.2. The molecular formula is C26H23F2N5O3. The van der Waals surface area contributed by atoms with Gasteiger partial charge in [-0.25, -0.2) is 18.6 Å². The second-order valence-electron chi connectivity index (χ2n) is 8.34. The Morgan fingerprint density at radius 3 is 2.53 bits per heavy atom. The molecule has 184 valence electrons. The van der Waals surface area contributed by atoms with Gasteiger partial charge in [0, 0.05) is 18.8 Å². The molecule has 2 N–H and O–H groups in total. The van der Waals surface area contributed by atoms with E-state index in [-0.39, 0.29) is 18.9 Å². The third kappa shape index (κ3) is 4.21. The van der Waals surface area contributed by atoms with Crippen molar-refractivity contribution in [2.75, 3.05) is 25.5 Å². The third-order valence-corrected chi connectivity index (χ3v) is 6.10. The first kappa shape index (κ1) is 23.3. The lowest BCUT2D eigenvalue weighted by Gasteiger charge is -2.15. The highest BCUT2D eigenvalue weighted by molar-refractivity contribution is 5.89. The number of carbonyl (C=O) groups is 1. The van der Waals surface area contributed by atoms with Crippen molar-refractivity contribution in [3.05, 3.63) is 89.5 Å². The molecule has 0 unspecified atom stereocenters. The number of carbonyl (C=O) groups excluding carboxylic acids is 1. The smallest absolute Gasteiger partial charge is 0.334 e. The van der Waals surface area contributed by atoms with Crippen molar-refractivity contribution < 1.29 is 18.3 Å². The minimum Gasteiger partial charge on any atom is -0.457 e. The van der Waals surface area contributed by atoms with Crippen molar-refractivity contribution in [3.8, 4) is 17.2 Å². The number of alkyl halides is 2. The first-order valence-corrected chi connectivity index (χ1v) is 11.3. The second-order valence-corrected chi connectivity index (χ2v) is 8.34. The Morgan fingerprint density at radius 2 is 1.81 bits per heavy atom. The number of halogens is 2. The highest BCUT2D eigenvalue weighted by Gasteiger charge is 2.38. The number of fused-ring (bicyclic) bond motifs is 1. The van der Waals surface area contributed by atoms with Crippen molar-refractivity contribution in [1.82, 2.24) is 19.0 Å². The first-order valence-electron chi connectivity index (χ1n) is 11.3. The van der Waals surface area contributed by atoms with Crippen LogP contribution in [0.2, 0.25) is 0 Å². The molecule has 0 saturated carbocycles. The molecule has 0 radical (unpaired) electrons. The van der Waals surface area contributed by atoms with E-state index >= 15 is 4.39 Å². The van der Waals surface area contributed by atoms with Crippen LogP contribution in [-0.2, 0) is 4.79 Å². The number of nitrogens with two attached hydrogens (primary N) is 1. The number of nitrogen functional groups attached to an aromatic ring is 1. The summed E-state index contributed by atoms with van der Waals surface area (Å²) in [6.45, 7) is -1.04. The molecule has 0 aliphatic carbocycles. The summed E-state index contributed by atoms with van der Waals surface area (Å²) in [6, 6.07) is 16.8. The van der Waals surface area contributed by atoms with Crippen LogP contribution in [0.5, 0.6) is 11.5 Å². The first-order chi connectivity index (χ1) is 17.5. The van der Waals surface area contributed by atoms with Crippen molar-refractivity contribution in [2.45, 2.75) is 12.2 Å². The van der Waals surface area contributed by atoms with Gasteiger partial charge in [-0.1, -0.05) is 18.2 Å². The van der Waals surface area contributed by atoms with E-state index in [1.54, 1.807) is 30.3 Å². The number of nitrogens with zero attached hydrogens (tertiary/aromatic N) is 4. The molecule has 0 bridgehead atoms. The van der Waals surface area contributed by atoms with E-state index in [0.29, 0.717) is 28.2 Å². The quantitative estimate of drug-likeness (QED) is 0.414. The van der Waals surface area contributed by atoms with E-state index in [1.165, 1.54) is 20.2 Å². The topological polar surface area (TPSA) is 95.4 Å². The van der Waals surface area contributed by atoms with Crippen molar-refractivity contribution >= 4 is 22.8 Å². The molecule has 1 fully saturated rings. The lowest BCUT2D eigenvalue weighted by molar-refractivity contribution is -0.125. The standard InChI is InChI=1S/C26H23F2N5O3/c27-13-4-7-23(34)31-15-20(28)22(16-31)33-21-12-14-30-25(29)24(21)32(26(33)35)17-8-10-19(11-9-17)36-18-5-2-1-3-6-18/h1-12,14,20,22H,13,15-16H2,(H2,29,30)/b7-4+/t20-,22+/m0/s1. The van der Waals surface area contributed by atoms with E-state index in [2.05, 4.69) is 4.98 Å². The molecule has 36 heavy (non-hydrogen) atoms. The number of amides is 1. The van der Waals surface area contributed by atoms with Crippen LogP contribution in [0.25, 0.3) is 16.7 Å². The lowest BCUT2D eigenvalue weighted by Crippen LogP contribution is -2.32. The zero-order valence-corrected chi connectivity index (χ0v) is 19.1. The van der Waals surface area contributed by atoms with Gasteiger partial charge in [0.15, 0.2) is 0 Å². The number of para-hydroxylation sites is 1. The summed E-state index contributed by atoms with van der Waals surface area (Å²) in [4.78, 5) is 31.3. The number of hydrogen-bond donors (Lipinski definition) is 1. The monoisotopic (exact) mass is 491 g/mol. The maximum absolute atomic E-state index is 15.2. The molecule has 1 aliphatic heterocycles. The summed E-state index contributed by atoms with van der Waals surface area (Å²) in [5.74, 6) is 0.844. The van der Waals surface area contributed by atoms with Gasteiger partial charge in [0.05, 0.1) is 23.8 Å². The van der Waals surface area contributed by atoms with Gasteiger partial charge in [0.1, 0.15) is 35.7 Å². The molecule has 5 rings (SSSR count). The van der Waals surface area contributed by atoms with E-state index in [0.717, 1.165) is 12.2 Å². The fourth-order valence-electron chi connectivity index (χ4n) is 4.46. The number of hydrogen-bond acceptors (Lipinski definition) is 5. The second kappa shape index (κ2) is 9.65. The summed E-state index contributed by atoms with van der Waals surface area (Å²) in [7, 11) is 0. The Morgan fingerprint density at radius 1 is 1.08 bits per heavy atom. The summed E-state index contributed by atoms with van der Waals surface area (Å²) in [5, 5.41) is 0. The van der Waals surface area contributed by atoms with Gasteiger partial charge < -0.3 is 15.4 Å². The van der Waals surface area contributed by atoms with Crippen LogP contribution in [0.1, 0.15) is 6.04 Å². The molecule has 10 heteroatoms. The van der Waals surface area contributed by atoms with Gasteiger partial charge >= 0.3 is 5.69 Å². The molecule has 2 aromatic carbocycles. The molecule has 2 atom stereocenters. The van der Waals surface area contributed by atoms with E-state index < -0.39 is 30.5 Å². The Kier molecular flexibility index (Phi) is 6.24. The number of imidazole rings is 1. The van der Waals surface area contributed by atoms with Crippen molar-refractivity contribution in [1.29, 1.82) is 0 Å². The van der Waals surface area contributed by atoms with Crippen LogP contribution in [0.3, 0.4) is 0 Å². The van der Waals surface area contributed by atoms with Gasteiger partial charge in [-0.15, -0.1) is 0 Å². The minimum atomic E-state index is -1.50. The predicted molar refractivity (Wildman–Crippen MR) is 132 cm³/mol. The van der Waals surface area contributed by atoms with Gasteiger partial charge in [-0.2, -0.15) is 0 Å². The molecule has 4 aromatic rings. The average Bonchev–Trinajstić information content (AvgIpc) is 3.41. The highest BCUT2D eigenvalue weighted by atomic mass is 19.1. The summed E-state index contributed by atoms with van der Waals surface area (Å²) < 4.78 is 36.1. The van der Waals surface area contributed by atoms with E-state index in [1.807, 2.05) is 30.3 Å². The number of benzene rings is 2. The van der Waals surface area contributed by atoms with Gasteiger partial charge in [0.25, 0.3) is 0 Å². The molecule has 2 aromatic heterocycles. The fraction of sp³-hybridized carbons (Fsp3) is 0.192. The number of ether oxygens (including phenoxy) is 1. The number of allylic oxidation sites excluding steroid dienone is 1. The van der Waals surface area contributed by atoms with Crippen LogP contribution in [-0.4, -0.2) is 50.9 Å². The average molecular weight is 491 g/mol. The molecule has 1 amide bonds. The minimum absolute atomic E-state index is 0.0400.